The first-order valence-electron chi connectivity index (χ1n) is 9.81. The van der Waals surface area contributed by atoms with E-state index in [-0.39, 0.29) is 35.9 Å². The Labute approximate surface area is 183 Å². The molecule has 0 amide bonds. The molecule has 168 valence electrons. The number of hydrogen-bond donors (Lipinski definition) is 2. The fourth-order valence-corrected chi connectivity index (χ4v) is 2.67. The molecule has 0 radical (unpaired) electrons. The summed E-state index contributed by atoms with van der Waals surface area (Å²) in [4.78, 5) is 32.8. The number of hydrogen-bond acceptors (Lipinski definition) is 9. The van der Waals surface area contributed by atoms with Gasteiger partial charge in [0.1, 0.15) is 11.4 Å². The number of pyridine rings is 2. The number of halogens is 2. The molecule has 0 aliphatic rings. The molecule has 11 heteroatoms. The highest BCUT2D eigenvalue weighted by Crippen LogP contribution is 2.27. The first-order valence-corrected chi connectivity index (χ1v) is 9.81. The van der Waals surface area contributed by atoms with Crippen molar-refractivity contribution in [2.75, 3.05) is 17.7 Å². The van der Waals surface area contributed by atoms with Crippen molar-refractivity contribution < 1.29 is 18.3 Å². The minimum absolute atomic E-state index is 0.00263. The van der Waals surface area contributed by atoms with Crippen LogP contribution in [0.2, 0.25) is 0 Å². The van der Waals surface area contributed by atoms with Crippen molar-refractivity contribution in [1.82, 2.24) is 24.9 Å². The van der Waals surface area contributed by atoms with E-state index >= 15 is 0 Å². The van der Waals surface area contributed by atoms with Gasteiger partial charge >= 0.3 is 5.97 Å². The van der Waals surface area contributed by atoms with Crippen LogP contribution in [-0.4, -0.2) is 44.0 Å². The van der Waals surface area contributed by atoms with Crippen LogP contribution >= 0.6 is 0 Å². The number of anilines is 3. The van der Waals surface area contributed by atoms with E-state index in [1.165, 1.54) is 25.4 Å². The number of carbonyl (C=O) groups excluding carboxylic acids is 1. The van der Waals surface area contributed by atoms with Gasteiger partial charge in [-0.25, -0.2) is 4.98 Å². The maximum absolute atomic E-state index is 13.6. The lowest BCUT2D eigenvalue weighted by Crippen LogP contribution is -2.15. The minimum Gasteiger partial charge on any atom is -0.469 e. The fraction of sp³-hybridized carbons (Fsp3) is 0.333. The SMILES string of the molecule is COC(=O)Cc1cccc(-c2nc(Nc3ccnc(C(C)(F)F)c3)nc(NC(C)C)n2)n1. The van der Waals surface area contributed by atoms with Crippen LogP contribution in [0.25, 0.3) is 11.5 Å². The van der Waals surface area contributed by atoms with Gasteiger partial charge in [-0.3, -0.25) is 9.78 Å². The third kappa shape index (κ3) is 6.13. The van der Waals surface area contributed by atoms with E-state index in [9.17, 15) is 13.6 Å². The standard InChI is InChI=1S/C21H23F2N7O2/c1-12(2)25-19-28-18(15-7-5-6-13(26-15)11-17(31)32-4)29-20(30-19)27-14-8-9-24-16(10-14)21(3,22)23/h5-10,12H,11H2,1-4H3,(H2,24,25,27,28,29,30). The normalized spacial score (nSPS) is 11.3. The number of rotatable bonds is 8. The van der Waals surface area contributed by atoms with Gasteiger partial charge in [-0.15, -0.1) is 0 Å². The molecule has 32 heavy (non-hydrogen) atoms. The van der Waals surface area contributed by atoms with E-state index in [4.69, 9.17) is 0 Å². The van der Waals surface area contributed by atoms with E-state index < -0.39 is 11.9 Å². The van der Waals surface area contributed by atoms with Crippen molar-refractivity contribution in [3.8, 4) is 11.5 Å². The summed E-state index contributed by atoms with van der Waals surface area (Å²) in [6, 6.07) is 7.91. The van der Waals surface area contributed by atoms with Gasteiger partial charge in [0.2, 0.25) is 11.9 Å². The second-order valence-corrected chi connectivity index (χ2v) is 7.32. The monoisotopic (exact) mass is 443 g/mol. The summed E-state index contributed by atoms with van der Waals surface area (Å²) in [5.41, 5.74) is 0.872. The summed E-state index contributed by atoms with van der Waals surface area (Å²) in [6.07, 6.45) is 1.28. The number of aromatic nitrogens is 5. The van der Waals surface area contributed by atoms with E-state index in [1.54, 1.807) is 18.2 Å². The molecule has 0 atom stereocenters. The third-order valence-corrected chi connectivity index (χ3v) is 4.11. The van der Waals surface area contributed by atoms with Crippen LogP contribution in [0.5, 0.6) is 0 Å². The average molecular weight is 443 g/mol. The predicted octanol–water partition coefficient (Wildman–Crippen LogP) is 3.72. The number of nitrogens with one attached hydrogen (secondary N) is 2. The summed E-state index contributed by atoms with van der Waals surface area (Å²) in [7, 11) is 1.30. The lowest BCUT2D eigenvalue weighted by atomic mass is 10.2. The zero-order valence-electron chi connectivity index (χ0n) is 18.1. The molecular formula is C21H23F2N7O2. The van der Waals surface area contributed by atoms with Gasteiger partial charge in [0.15, 0.2) is 5.82 Å². The average Bonchev–Trinajstić information content (AvgIpc) is 2.73. The highest BCUT2D eigenvalue weighted by atomic mass is 19.3. The van der Waals surface area contributed by atoms with Crippen LogP contribution in [0.15, 0.2) is 36.5 Å². The van der Waals surface area contributed by atoms with Gasteiger partial charge in [0.05, 0.1) is 19.2 Å². The molecule has 2 N–H and O–H groups in total. The predicted molar refractivity (Wildman–Crippen MR) is 115 cm³/mol. The van der Waals surface area contributed by atoms with Crippen LogP contribution in [-0.2, 0) is 21.9 Å². The number of nitrogens with zero attached hydrogens (tertiary/aromatic N) is 5. The van der Waals surface area contributed by atoms with Crippen LogP contribution < -0.4 is 10.6 Å². The lowest BCUT2D eigenvalue weighted by Gasteiger charge is -2.14. The molecule has 0 unspecified atom stereocenters. The minimum atomic E-state index is -3.09. The fourth-order valence-electron chi connectivity index (χ4n) is 2.67. The molecule has 0 aliphatic carbocycles. The van der Waals surface area contributed by atoms with Crippen molar-refractivity contribution in [3.63, 3.8) is 0 Å². The molecule has 0 saturated heterocycles. The molecule has 0 saturated carbocycles. The summed E-state index contributed by atoms with van der Waals surface area (Å²) in [5.74, 6) is -2.85. The summed E-state index contributed by atoms with van der Waals surface area (Å²) in [6.45, 7) is 4.62. The Morgan fingerprint density at radius 3 is 2.56 bits per heavy atom. The number of carbonyl (C=O) groups is 1. The van der Waals surface area contributed by atoms with Gasteiger partial charge in [-0.2, -0.15) is 23.7 Å². The van der Waals surface area contributed by atoms with Gasteiger partial charge in [-0.05, 0) is 38.1 Å². The first-order chi connectivity index (χ1) is 15.1. The smallest absolute Gasteiger partial charge is 0.311 e. The molecule has 3 rings (SSSR count). The number of ether oxygens (including phenoxy) is 1. The van der Waals surface area contributed by atoms with Crippen LogP contribution in [0, 0.1) is 0 Å². The first kappa shape index (κ1) is 22.9. The quantitative estimate of drug-likeness (QED) is 0.503. The molecule has 0 bridgehead atoms. The summed E-state index contributed by atoms with van der Waals surface area (Å²) < 4.78 is 32.0. The molecule has 3 aromatic heterocycles. The molecule has 0 fully saturated rings. The van der Waals surface area contributed by atoms with Gasteiger partial charge in [-0.1, -0.05) is 6.07 Å². The van der Waals surface area contributed by atoms with Gasteiger partial charge in [0.25, 0.3) is 5.92 Å². The third-order valence-electron chi connectivity index (χ3n) is 4.11. The van der Waals surface area contributed by atoms with Crippen molar-refractivity contribution in [2.45, 2.75) is 39.2 Å². The molecule has 0 spiro atoms. The van der Waals surface area contributed by atoms with E-state index in [2.05, 4.69) is 40.3 Å². The van der Waals surface area contributed by atoms with Gasteiger partial charge < -0.3 is 15.4 Å². The Kier molecular flexibility index (Phi) is 6.86. The molecule has 3 heterocycles. The molecule has 0 aliphatic heterocycles. The zero-order valence-corrected chi connectivity index (χ0v) is 18.1. The molecule has 9 nitrogen and oxygen atoms in total. The number of alkyl halides is 2. The highest BCUT2D eigenvalue weighted by molar-refractivity contribution is 5.72. The molecule has 0 aromatic carbocycles. The molecule has 3 aromatic rings. The Bertz CT molecular complexity index is 1100. The lowest BCUT2D eigenvalue weighted by molar-refractivity contribution is -0.139. The summed E-state index contributed by atoms with van der Waals surface area (Å²) >= 11 is 0. The molecular weight excluding hydrogens is 420 g/mol. The van der Waals surface area contributed by atoms with Crippen LogP contribution in [0.4, 0.5) is 26.4 Å². The number of methoxy groups -OCH3 is 1. The van der Waals surface area contributed by atoms with Crippen molar-refractivity contribution in [1.29, 1.82) is 0 Å². The van der Waals surface area contributed by atoms with E-state index in [0.717, 1.165) is 6.92 Å². The van der Waals surface area contributed by atoms with Crippen molar-refractivity contribution in [3.05, 3.63) is 47.9 Å². The Hall–Kier alpha value is -3.76. The Morgan fingerprint density at radius 2 is 1.88 bits per heavy atom. The zero-order chi connectivity index (χ0) is 23.3. The van der Waals surface area contributed by atoms with E-state index in [1.807, 2.05) is 13.8 Å². The van der Waals surface area contributed by atoms with Crippen LogP contribution in [0.3, 0.4) is 0 Å². The largest absolute Gasteiger partial charge is 0.469 e. The van der Waals surface area contributed by atoms with E-state index in [0.29, 0.717) is 17.1 Å². The summed E-state index contributed by atoms with van der Waals surface area (Å²) in [5, 5.41) is 6.01. The maximum atomic E-state index is 13.6. The van der Waals surface area contributed by atoms with Gasteiger partial charge in [0, 0.05) is 24.8 Å². The Balaban J connectivity index is 1.97. The maximum Gasteiger partial charge on any atom is 0.311 e. The highest BCUT2D eigenvalue weighted by Gasteiger charge is 2.26. The Morgan fingerprint density at radius 1 is 1.12 bits per heavy atom. The second-order valence-electron chi connectivity index (χ2n) is 7.32. The topological polar surface area (TPSA) is 115 Å². The number of esters is 1. The van der Waals surface area contributed by atoms with Crippen LogP contribution in [0.1, 0.15) is 32.2 Å². The second kappa shape index (κ2) is 9.58. The van der Waals surface area contributed by atoms with Crippen molar-refractivity contribution in [2.24, 2.45) is 0 Å². The van der Waals surface area contributed by atoms with Crippen molar-refractivity contribution >= 4 is 23.6 Å².